The fourth-order valence-corrected chi connectivity index (χ4v) is 0.249. The minimum absolute atomic E-state index is 0.134. The standard InChI is InChI=1S/C6H9O/c1-3-5-6(7)4-2/h3,5H,1,4H2,2H3. The van der Waals surface area contributed by atoms with Crippen LogP contribution in [0, 0.1) is 0 Å². The van der Waals surface area contributed by atoms with Crippen LogP contribution >= 0.6 is 0 Å². The van der Waals surface area contributed by atoms with Crippen LogP contribution < -0.4 is 0 Å². The molecule has 0 saturated heterocycles. The van der Waals surface area contributed by atoms with E-state index in [2.05, 4.69) is 6.58 Å². The molecule has 1 radical (unpaired) electrons. The van der Waals surface area contributed by atoms with E-state index in [1.54, 1.807) is 0 Å². The van der Waals surface area contributed by atoms with Gasteiger partial charge in [-0.05, 0) is 6.08 Å². The molecule has 0 amide bonds. The summed E-state index contributed by atoms with van der Waals surface area (Å²) in [5.74, 6) is 0.134. The first-order valence-electron chi connectivity index (χ1n) is 2.30. The molecule has 0 heterocycles. The second-order valence-electron chi connectivity index (χ2n) is 1.22. The molecule has 0 aromatic carbocycles. The van der Waals surface area contributed by atoms with Crippen molar-refractivity contribution in [1.82, 2.24) is 0 Å². The highest BCUT2D eigenvalue weighted by Crippen LogP contribution is 1.93. The Morgan fingerprint density at radius 1 is 1.86 bits per heavy atom. The van der Waals surface area contributed by atoms with Crippen molar-refractivity contribution in [2.45, 2.75) is 13.3 Å². The van der Waals surface area contributed by atoms with Crippen LogP contribution in [0.5, 0.6) is 0 Å². The number of rotatable bonds is 2. The molecule has 0 rings (SSSR count). The SMILES string of the molecule is C=CC=C([O])CC. The lowest BCUT2D eigenvalue weighted by molar-refractivity contribution is 0.285. The summed E-state index contributed by atoms with van der Waals surface area (Å²) in [5.41, 5.74) is 0. The molecular formula is C6H9O. The van der Waals surface area contributed by atoms with E-state index < -0.39 is 0 Å². The Bertz CT molecular complexity index is 82.2. The van der Waals surface area contributed by atoms with Crippen molar-refractivity contribution in [2.75, 3.05) is 0 Å². The fraction of sp³-hybridized carbons (Fsp3) is 0.333. The first kappa shape index (κ1) is 6.28. The zero-order chi connectivity index (χ0) is 5.70. The summed E-state index contributed by atoms with van der Waals surface area (Å²) in [6.45, 7) is 5.19. The Morgan fingerprint density at radius 3 is 2.57 bits per heavy atom. The van der Waals surface area contributed by atoms with Gasteiger partial charge in [-0.2, -0.15) is 0 Å². The molecule has 0 spiro atoms. The van der Waals surface area contributed by atoms with Crippen LogP contribution in [-0.2, 0) is 5.11 Å². The summed E-state index contributed by atoms with van der Waals surface area (Å²) >= 11 is 0. The molecular weight excluding hydrogens is 88.1 g/mol. The van der Waals surface area contributed by atoms with Gasteiger partial charge in [0.2, 0.25) is 0 Å². The van der Waals surface area contributed by atoms with Gasteiger partial charge in [0.15, 0.2) is 5.76 Å². The molecule has 39 valence electrons. The van der Waals surface area contributed by atoms with E-state index in [0.717, 1.165) is 0 Å². The van der Waals surface area contributed by atoms with Crippen LogP contribution in [0.3, 0.4) is 0 Å². The highest BCUT2D eigenvalue weighted by Gasteiger charge is 1.82. The normalized spacial score (nSPS) is 11.3. The van der Waals surface area contributed by atoms with Crippen molar-refractivity contribution >= 4 is 0 Å². The van der Waals surface area contributed by atoms with Crippen molar-refractivity contribution in [1.29, 1.82) is 0 Å². The van der Waals surface area contributed by atoms with Crippen LogP contribution in [0.2, 0.25) is 0 Å². The molecule has 0 atom stereocenters. The van der Waals surface area contributed by atoms with E-state index in [0.29, 0.717) is 6.42 Å². The van der Waals surface area contributed by atoms with Crippen LogP contribution in [0.25, 0.3) is 0 Å². The van der Waals surface area contributed by atoms with E-state index >= 15 is 0 Å². The van der Waals surface area contributed by atoms with E-state index in [1.807, 2.05) is 6.92 Å². The maximum atomic E-state index is 10.3. The minimum Gasteiger partial charge on any atom is -0.295 e. The van der Waals surface area contributed by atoms with E-state index in [4.69, 9.17) is 0 Å². The predicted octanol–water partition coefficient (Wildman–Crippen LogP) is 1.90. The van der Waals surface area contributed by atoms with Crippen LogP contribution in [0.1, 0.15) is 13.3 Å². The summed E-state index contributed by atoms with van der Waals surface area (Å²) < 4.78 is 0. The highest BCUT2D eigenvalue weighted by atomic mass is 16.3. The molecule has 7 heavy (non-hydrogen) atoms. The lowest BCUT2D eigenvalue weighted by atomic mass is 10.4. The molecule has 0 aliphatic heterocycles. The van der Waals surface area contributed by atoms with Gasteiger partial charge in [-0.1, -0.05) is 19.6 Å². The molecule has 0 aliphatic rings. The summed E-state index contributed by atoms with van der Waals surface area (Å²) in [7, 11) is 0. The molecule has 0 aromatic heterocycles. The smallest absolute Gasteiger partial charge is 0.155 e. The van der Waals surface area contributed by atoms with Crippen LogP contribution in [0.4, 0.5) is 0 Å². The topological polar surface area (TPSA) is 19.9 Å². The number of hydrogen-bond acceptors (Lipinski definition) is 0. The van der Waals surface area contributed by atoms with Gasteiger partial charge in [0.1, 0.15) is 0 Å². The highest BCUT2D eigenvalue weighted by molar-refractivity contribution is 5.01. The predicted molar refractivity (Wildman–Crippen MR) is 29.3 cm³/mol. The zero-order valence-corrected chi connectivity index (χ0v) is 4.48. The van der Waals surface area contributed by atoms with Gasteiger partial charge >= 0.3 is 0 Å². The van der Waals surface area contributed by atoms with Crippen molar-refractivity contribution in [3.63, 3.8) is 0 Å². The van der Waals surface area contributed by atoms with Gasteiger partial charge in [0.25, 0.3) is 0 Å². The van der Waals surface area contributed by atoms with Crippen molar-refractivity contribution in [3.05, 3.63) is 24.5 Å². The molecule has 1 heteroatoms. The van der Waals surface area contributed by atoms with Gasteiger partial charge < -0.3 is 0 Å². The number of allylic oxidation sites excluding steroid dienone is 3. The molecule has 0 unspecified atom stereocenters. The van der Waals surface area contributed by atoms with Crippen LogP contribution in [-0.4, -0.2) is 0 Å². The summed E-state index contributed by atoms with van der Waals surface area (Å²) in [4.78, 5) is 0. The lowest BCUT2D eigenvalue weighted by Crippen LogP contribution is -1.68. The molecule has 0 N–H and O–H groups in total. The number of hydrogen-bond donors (Lipinski definition) is 0. The quantitative estimate of drug-likeness (QED) is 0.370. The van der Waals surface area contributed by atoms with Gasteiger partial charge in [-0.25, -0.2) is 0 Å². The second kappa shape index (κ2) is 3.47. The average molecular weight is 97.1 g/mol. The van der Waals surface area contributed by atoms with Crippen LogP contribution in [0.15, 0.2) is 24.5 Å². The van der Waals surface area contributed by atoms with Crippen molar-refractivity contribution in [2.24, 2.45) is 0 Å². The fourth-order valence-electron chi connectivity index (χ4n) is 0.249. The minimum atomic E-state index is 0.134. The average Bonchev–Trinajstić information content (AvgIpc) is 1.68. The molecule has 0 fully saturated rings. The van der Waals surface area contributed by atoms with Gasteiger partial charge in [0.05, 0.1) is 0 Å². The van der Waals surface area contributed by atoms with Gasteiger partial charge in [-0.3, -0.25) is 5.11 Å². The van der Waals surface area contributed by atoms with Crippen molar-refractivity contribution < 1.29 is 5.11 Å². The molecule has 0 aliphatic carbocycles. The maximum absolute atomic E-state index is 10.3. The third-order valence-corrected chi connectivity index (χ3v) is 0.652. The third-order valence-electron chi connectivity index (χ3n) is 0.652. The van der Waals surface area contributed by atoms with Gasteiger partial charge in [0, 0.05) is 6.42 Å². The molecule has 0 aromatic rings. The Kier molecular flexibility index (Phi) is 3.11. The summed E-state index contributed by atoms with van der Waals surface area (Å²) in [6.07, 6.45) is 3.55. The monoisotopic (exact) mass is 97.1 g/mol. The Labute approximate surface area is 44.0 Å². The first-order valence-corrected chi connectivity index (χ1v) is 2.30. The third kappa shape index (κ3) is 3.10. The van der Waals surface area contributed by atoms with E-state index in [1.165, 1.54) is 12.2 Å². The summed E-state index contributed by atoms with van der Waals surface area (Å²) in [5, 5.41) is 10.3. The van der Waals surface area contributed by atoms with E-state index in [-0.39, 0.29) is 5.76 Å². The zero-order valence-electron chi connectivity index (χ0n) is 4.48. The Hall–Kier alpha value is -0.720. The second-order valence-corrected chi connectivity index (χ2v) is 1.22. The Morgan fingerprint density at radius 2 is 2.43 bits per heavy atom. The Balaban J connectivity index is 3.49. The summed E-state index contributed by atoms with van der Waals surface area (Å²) in [6, 6.07) is 0. The van der Waals surface area contributed by atoms with Gasteiger partial charge in [-0.15, -0.1) is 0 Å². The first-order chi connectivity index (χ1) is 3.31. The van der Waals surface area contributed by atoms with E-state index in [9.17, 15) is 5.11 Å². The molecule has 1 nitrogen and oxygen atoms in total. The molecule has 0 bridgehead atoms. The maximum Gasteiger partial charge on any atom is 0.155 e. The largest absolute Gasteiger partial charge is 0.295 e. The molecule has 0 saturated carbocycles. The van der Waals surface area contributed by atoms with Crippen molar-refractivity contribution in [3.8, 4) is 0 Å². The lowest BCUT2D eigenvalue weighted by Gasteiger charge is -1.79.